The van der Waals surface area contributed by atoms with E-state index in [-0.39, 0.29) is 52.0 Å². The molecular formula is C15H46ORf. The molecule has 0 amide bonds. The van der Waals surface area contributed by atoms with Crippen LogP contribution < -0.4 is 0 Å². The molecule has 0 saturated heterocycles. The Morgan fingerprint density at radius 2 is 1.12 bits per heavy atom. The van der Waals surface area contributed by atoms with E-state index in [0.29, 0.717) is 12.5 Å². The molecule has 114 valence electrons. The minimum absolute atomic E-state index is 0. The second-order valence-corrected chi connectivity index (χ2v) is 3.09. The molecule has 0 bridgehead atoms. The van der Waals surface area contributed by atoms with Gasteiger partial charge in [-0.05, 0) is 18.3 Å². The minimum Gasteiger partial charge on any atom is -0.396 e. The van der Waals surface area contributed by atoms with Crippen LogP contribution in [0.25, 0.3) is 0 Å². The van der Waals surface area contributed by atoms with Crippen LogP contribution in [-0.2, 0) is 0 Å². The molecule has 1 atom stereocenters. The molecule has 2 heteroatoms. The first-order chi connectivity index (χ1) is 4.20. The first kappa shape index (κ1) is 73.7. The summed E-state index contributed by atoms with van der Waals surface area (Å²) in [7, 11) is 0. The molecule has 1 unspecified atom stereocenters. The van der Waals surface area contributed by atoms with Gasteiger partial charge < -0.3 is 5.11 Å². The van der Waals surface area contributed by atoms with Gasteiger partial charge in [-0.15, -0.1) is 0 Å². The van der Waals surface area contributed by atoms with Gasteiger partial charge in [0.2, 0.25) is 0 Å². The fraction of sp³-hybridized carbons (Fsp3) is 1.00. The molecule has 0 aromatic carbocycles. The zero-order valence-electron chi connectivity index (χ0n) is 7.43. The van der Waals surface area contributed by atoms with Crippen LogP contribution in [0.4, 0.5) is 0 Å². The Morgan fingerprint density at radius 1 is 0.824 bits per heavy atom. The van der Waals surface area contributed by atoms with Crippen molar-refractivity contribution >= 4 is 0 Å². The summed E-state index contributed by atoms with van der Waals surface area (Å²) < 4.78 is 0. The second-order valence-electron chi connectivity index (χ2n) is 3.09. The summed E-state index contributed by atoms with van der Waals surface area (Å²) in [4.78, 5) is 0. The number of hydrogen-bond donors (Lipinski definition) is 1. The molecule has 0 fully saturated rings. The van der Waals surface area contributed by atoms with E-state index in [1.165, 1.54) is 0 Å². The molecule has 17 heavy (non-hydrogen) atoms. The molecule has 0 radical (unpaired) electrons. The topological polar surface area (TPSA) is 20.2 Å². The summed E-state index contributed by atoms with van der Waals surface area (Å²) in [5.41, 5.74) is 0. The van der Waals surface area contributed by atoms with Crippen molar-refractivity contribution in [2.24, 2.45) is 11.8 Å². The van der Waals surface area contributed by atoms with Gasteiger partial charge in [0.1, 0.15) is 0 Å². The van der Waals surface area contributed by atoms with E-state index in [1.54, 1.807) is 0 Å². The van der Waals surface area contributed by atoms with Gasteiger partial charge in [-0.25, -0.2) is 0 Å². The molecule has 0 spiro atoms. The van der Waals surface area contributed by atoms with Crippen LogP contribution in [0.15, 0.2) is 0 Å². The molecule has 0 saturated carbocycles. The van der Waals surface area contributed by atoms with Crippen LogP contribution in [-0.4, -0.2) is 11.7 Å². The summed E-state index contributed by atoms with van der Waals surface area (Å²) in [5.74, 6) is 1.26. The quantitative estimate of drug-likeness (QED) is 0.459. The Kier molecular flexibility index (Phi) is 200. The summed E-state index contributed by atoms with van der Waals surface area (Å²) in [6.07, 6.45) is 2.27. The van der Waals surface area contributed by atoms with Crippen LogP contribution >= 0.6 is 0 Å². The van der Waals surface area contributed by atoms with Crippen LogP contribution in [0.1, 0.15) is 85.6 Å². The Labute approximate surface area is 110 Å². The normalized spacial score (nSPS) is 7.59. The standard InChI is InChI=1S/C8H18O.7CH4.Rf/c1-4-8(6-9)5-7(2)3;;;;;;;;/h7-9H,4-6H2,1-3H3;7*1H4;. The molecular weight excluding hydrogens is 463 g/mol. The summed E-state index contributed by atoms with van der Waals surface area (Å²) in [6, 6.07) is 0. The van der Waals surface area contributed by atoms with E-state index >= 15 is 0 Å². The maximum atomic E-state index is 8.77. The Bertz CT molecular complexity index is 61.9. The molecule has 0 aromatic heterocycles. The van der Waals surface area contributed by atoms with E-state index in [4.69, 9.17) is 5.11 Å². The van der Waals surface area contributed by atoms with Gasteiger partial charge >= 0.3 is 0 Å². The Balaban J connectivity index is -0.0000000114. The monoisotopic (exact) mass is 509 g/mol. The average molecular weight is 510 g/mol. The largest absolute Gasteiger partial charge is 0.396 e. The van der Waals surface area contributed by atoms with Gasteiger partial charge in [0.25, 0.3) is 0 Å². The van der Waals surface area contributed by atoms with Gasteiger partial charge in [0.15, 0.2) is 0 Å². The minimum atomic E-state index is 0. The van der Waals surface area contributed by atoms with Gasteiger partial charge in [0.05, 0.1) is 0 Å². The third kappa shape index (κ3) is 51.9. The number of rotatable bonds is 4. The molecule has 0 aliphatic rings. The van der Waals surface area contributed by atoms with Crippen LogP contribution in [0.3, 0.4) is 0 Å². The fourth-order valence-corrected chi connectivity index (χ4v) is 1.04. The van der Waals surface area contributed by atoms with Crippen molar-refractivity contribution in [3.05, 3.63) is 0 Å². The second kappa shape index (κ2) is 46.0. The van der Waals surface area contributed by atoms with Crippen molar-refractivity contribution in [1.29, 1.82) is 0 Å². The van der Waals surface area contributed by atoms with Crippen molar-refractivity contribution in [3.8, 4) is 0 Å². The zero-order valence-corrected chi connectivity index (χ0v) is 13.8. The summed E-state index contributed by atoms with van der Waals surface area (Å²) >= 11 is 0. The molecule has 0 aliphatic heterocycles. The van der Waals surface area contributed by atoms with Crippen molar-refractivity contribution in [1.82, 2.24) is 0 Å². The molecule has 0 aromatic rings. The Morgan fingerprint density at radius 3 is 1.18 bits per heavy atom. The Hall–Kier alpha value is -1.04. The predicted octanol–water partition coefficient (Wildman–Crippen LogP) is 6.50. The maximum Gasteiger partial charge on any atom is 0.0459 e. The molecule has 1 nitrogen and oxygen atoms in total. The van der Waals surface area contributed by atoms with Crippen LogP contribution in [0.2, 0.25) is 0 Å². The molecule has 1 N–H and O–H groups in total. The molecule has 0 heterocycles. The molecule has 0 aliphatic carbocycles. The number of aliphatic hydroxyl groups is 1. The van der Waals surface area contributed by atoms with E-state index in [2.05, 4.69) is 20.8 Å². The fourth-order valence-electron chi connectivity index (χ4n) is 1.04. The zero-order chi connectivity index (χ0) is 7.28. The maximum absolute atomic E-state index is 8.77. The third-order valence-corrected chi connectivity index (χ3v) is 1.64. The third-order valence-electron chi connectivity index (χ3n) is 1.64. The molecule has 0 rings (SSSR count). The smallest absolute Gasteiger partial charge is 0.0459 e. The number of hydrogen-bond acceptors (Lipinski definition) is 1. The van der Waals surface area contributed by atoms with Crippen molar-refractivity contribution < 1.29 is 5.11 Å². The van der Waals surface area contributed by atoms with Crippen molar-refractivity contribution in [2.75, 3.05) is 6.61 Å². The van der Waals surface area contributed by atoms with E-state index < -0.39 is 0 Å². The van der Waals surface area contributed by atoms with Crippen LogP contribution in [0.5, 0.6) is 0 Å². The summed E-state index contributed by atoms with van der Waals surface area (Å²) in [6.45, 7) is 6.87. The summed E-state index contributed by atoms with van der Waals surface area (Å²) in [5, 5.41) is 8.77. The van der Waals surface area contributed by atoms with Crippen molar-refractivity contribution in [2.45, 2.75) is 85.6 Å². The van der Waals surface area contributed by atoms with Gasteiger partial charge in [-0.1, -0.05) is 79.2 Å². The van der Waals surface area contributed by atoms with E-state index in [9.17, 15) is 0 Å². The average Bonchev–Trinajstić information content (AvgIpc) is 1.82. The van der Waals surface area contributed by atoms with Crippen molar-refractivity contribution in [3.63, 3.8) is 0 Å². The van der Waals surface area contributed by atoms with Gasteiger partial charge in [0, 0.05) is 6.61 Å². The van der Waals surface area contributed by atoms with Gasteiger partial charge in [-0.2, -0.15) is 0 Å². The van der Waals surface area contributed by atoms with E-state index in [0.717, 1.165) is 18.8 Å². The van der Waals surface area contributed by atoms with Crippen LogP contribution in [0, 0.1) is 11.8 Å². The number of aliphatic hydroxyl groups excluding tert-OH is 1. The van der Waals surface area contributed by atoms with E-state index in [1.807, 2.05) is 0 Å². The first-order valence-electron chi connectivity index (χ1n) is 3.81. The first-order valence-corrected chi connectivity index (χ1v) is 3.81. The van der Waals surface area contributed by atoms with Gasteiger partial charge in [-0.3, -0.25) is 0 Å². The predicted molar refractivity (Wildman–Crippen MR) is 87.4 cm³/mol. The SMILES string of the molecule is C.C.C.C.C.C.C.CCC(CO)CC(C)C.[Rf].